The number of amides is 1. The van der Waals surface area contributed by atoms with Gasteiger partial charge in [0.05, 0.1) is 22.2 Å². The molecular weight excluding hydrogens is 474 g/mol. The van der Waals surface area contributed by atoms with E-state index in [2.05, 4.69) is 26.2 Å². The summed E-state index contributed by atoms with van der Waals surface area (Å²) in [5, 5.41) is 2.31. The highest BCUT2D eigenvalue weighted by atomic mass is 32.2. The SMILES string of the molecule is C#CCOc1cnc(C(=O)Nc2cc(F)c(F)c([C@]3(C)N=C(N)S[C@@]4(C(F)F)C[C@@H]34)c2)c(C)n1. The maximum absolute atomic E-state index is 14.9. The number of carbonyl (C=O) groups excluding carboxylic acids is 1. The fraction of sp³-hybridized carbons (Fsp3) is 0.364. The van der Waals surface area contributed by atoms with Gasteiger partial charge in [-0.1, -0.05) is 17.7 Å². The number of carbonyl (C=O) groups is 1. The number of aliphatic imine (C=N–C) groups is 1. The lowest BCUT2D eigenvalue weighted by atomic mass is 9.85. The maximum Gasteiger partial charge on any atom is 0.276 e. The molecule has 1 saturated carbocycles. The fourth-order valence-corrected chi connectivity index (χ4v) is 5.53. The second-order valence-electron chi connectivity index (χ2n) is 8.12. The zero-order valence-electron chi connectivity index (χ0n) is 18.0. The molecule has 4 rings (SSSR count). The first-order valence-electron chi connectivity index (χ1n) is 10.0. The lowest BCUT2D eigenvalue weighted by molar-refractivity contribution is 0.102. The quantitative estimate of drug-likeness (QED) is 0.471. The lowest BCUT2D eigenvalue weighted by Crippen LogP contribution is -2.39. The number of benzene rings is 1. The van der Waals surface area contributed by atoms with E-state index in [4.69, 9.17) is 16.9 Å². The van der Waals surface area contributed by atoms with Crippen LogP contribution in [-0.2, 0) is 5.54 Å². The molecule has 1 amide bonds. The van der Waals surface area contributed by atoms with Crippen LogP contribution >= 0.6 is 11.8 Å². The average molecular weight is 493 g/mol. The lowest BCUT2D eigenvalue weighted by Gasteiger charge is -2.34. The number of alkyl halides is 2. The van der Waals surface area contributed by atoms with Crippen molar-refractivity contribution in [1.82, 2.24) is 9.97 Å². The Morgan fingerprint density at radius 2 is 2.18 bits per heavy atom. The molecule has 34 heavy (non-hydrogen) atoms. The topological polar surface area (TPSA) is 102 Å². The normalized spacial score (nSPS) is 25.2. The average Bonchev–Trinajstić information content (AvgIpc) is 3.51. The van der Waals surface area contributed by atoms with Crippen LogP contribution in [0.5, 0.6) is 5.88 Å². The number of fused-ring (bicyclic) bond motifs is 1. The van der Waals surface area contributed by atoms with Gasteiger partial charge in [0.1, 0.15) is 5.69 Å². The molecule has 3 atom stereocenters. The van der Waals surface area contributed by atoms with Crippen molar-refractivity contribution in [2.75, 3.05) is 11.9 Å². The minimum absolute atomic E-state index is 0.0323. The van der Waals surface area contributed by atoms with Gasteiger partial charge in [-0.2, -0.15) is 0 Å². The number of amidine groups is 1. The molecule has 2 heterocycles. The van der Waals surface area contributed by atoms with Crippen molar-refractivity contribution < 1.29 is 27.1 Å². The molecule has 1 aromatic carbocycles. The molecule has 12 heteroatoms. The molecule has 3 N–H and O–H groups in total. The molecule has 2 aliphatic rings. The van der Waals surface area contributed by atoms with Crippen molar-refractivity contribution in [3.05, 3.63) is 46.9 Å². The summed E-state index contributed by atoms with van der Waals surface area (Å²) < 4.78 is 60.6. The van der Waals surface area contributed by atoms with Gasteiger partial charge in [-0.3, -0.25) is 9.79 Å². The van der Waals surface area contributed by atoms with Gasteiger partial charge in [-0.15, -0.1) is 6.42 Å². The smallest absolute Gasteiger partial charge is 0.276 e. The Bertz CT molecular complexity index is 1250. The first-order valence-corrected chi connectivity index (χ1v) is 10.9. The highest BCUT2D eigenvalue weighted by molar-refractivity contribution is 8.15. The molecule has 0 unspecified atom stereocenters. The monoisotopic (exact) mass is 493 g/mol. The van der Waals surface area contributed by atoms with E-state index in [-0.39, 0.29) is 46.7 Å². The number of hydrogen-bond donors (Lipinski definition) is 2. The van der Waals surface area contributed by atoms with Crippen LogP contribution in [-0.4, -0.2) is 38.8 Å². The summed E-state index contributed by atoms with van der Waals surface area (Å²) in [6.07, 6.45) is 3.64. The Kier molecular flexibility index (Phi) is 5.93. The summed E-state index contributed by atoms with van der Waals surface area (Å²) in [5.74, 6) is -1.63. The van der Waals surface area contributed by atoms with Crippen molar-refractivity contribution in [3.63, 3.8) is 0 Å². The van der Waals surface area contributed by atoms with Gasteiger partial charge < -0.3 is 15.8 Å². The fourth-order valence-electron chi connectivity index (χ4n) is 4.19. The predicted molar refractivity (Wildman–Crippen MR) is 119 cm³/mol. The van der Waals surface area contributed by atoms with Gasteiger partial charge >= 0.3 is 0 Å². The Morgan fingerprint density at radius 1 is 1.44 bits per heavy atom. The van der Waals surface area contributed by atoms with Crippen molar-refractivity contribution in [3.8, 4) is 18.2 Å². The largest absolute Gasteiger partial charge is 0.463 e. The van der Waals surface area contributed by atoms with E-state index in [0.29, 0.717) is 0 Å². The number of nitrogens with one attached hydrogen (secondary N) is 1. The highest BCUT2D eigenvalue weighted by Gasteiger charge is 2.71. The number of aryl methyl sites for hydroxylation is 1. The van der Waals surface area contributed by atoms with Crippen LogP contribution in [0.4, 0.5) is 23.2 Å². The van der Waals surface area contributed by atoms with Crippen LogP contribution in [0.1, 0.15) is 35.1 Å². The highest BCUT2D eigenvalue weighted by Crippen LogP contribution is 2.68. The number of rotatable bonds is 6. The standard InChI is InChI=1S/C22H19F4N5O2S/c1-4-5-33-15-9-28-17(10(2)29-15)18(32)30-11-6-12(16(24)13(23)7-11)21(3)14-8-22(14,19(25)26)34-20(27)31-21/h1,6-7,9,14,19H,5,8H2,2-3H3,(H2,27,31)(H,30,32)/t14-,21-,22-/m0/s1. The molecule has 0 bridgehead atoms. The maximum atomic E-state index is 14.9. The molecule has 1 aromatic heterocycles. The van der Waals surface area contributed by atoms with Crippen LogP contribution in [0.15, 0.2) is 23.3 Å². The number of ether oxygens (including phenoxy) is 1. The van der Waals surface area contributed by atoms with E-state index in [1.165, 1.54) is 26.1 Å². The second kappa shape index (κ2) is 8.47. The third-order valence-electron chi connectivity index (χ3n) is 5.91. The third-order valence-corrected chi connectivity index (χ3v) is 7.22. The van der Waals surface area contributed by atoms with Crippen molar-refractivity contribution in [1.29, 1.82) is 0 Å². The Balaban J connectivity index is 1.65. The summed E-state index contributed by atoms with van der Waals surface area (Å²) in [6, 6.07) is 1.95. The summed E-state index contributed by atoms with van der Waals surface area (Å²) >= 11 is 0.753. The zero-order chi connectivity index (χ0) is 24.8. The summed E-state index contributed by atoms with van der Waals surface area (Å²) in [4.78, 5) is 25.0. The van der Waals surface area contributed by atoms with E-state index in [1.807, 2.05) is 0 Å². The molecule has 1 aliphatic heterocycles. The minimum atomic E-state index is -2.72. The Labute approximate surface area is 196 Å². The second-order valence-corrected chi connectivity index (χ2v) is 9.50. The molecule has 0 spiro atoms. The molecular formula is C22H19F4N5O2S. The van der Waals surface area contributed by atoms with Gasteiger partial charge in [0.15, 0.2) is 23.4 Å². The first-order chi connectivity index (χ1) is 16.0. The number of terminal acetylenes is 1. The zero-order valence-corrected chi connectivity index (χ0v) is 18.9. The van der Waals surface area contributed by atoms with Crippen LogP contribution in [0.25, 0.3) is 0 Å². The van der Waals surface area contributed by atoms with E-state index >= 15 is 0 Å². The number of anilines is 1. The van der Waals surface area contributed by atoms with Gasteiger partial charge in [0.25, 0.3) is 12.3 Å². The molecule has 0 radical (unpaired) electrons. The van der Waals surface area contributed by atoms with Crippen LogP contribution in [0, 0.1) is 36.8 Å². The summed E-state index contributed by atoms with van der Waals surface area (Å²) in [5.41, 5.74) is 3.99. The van der Waals surface area contributed by atoms with E-state index in [0.717, 1.165) is 17.8 Å². The van der Waals surface area contributed by atoms with E-state index < -0.39 is 40.2 Å². The summed E-state index contributed by atoms with van der Waals surface area (Å²) in [7, 11) is 0. The van der Waals surface area contributed by atoms with Crippen molar-refractivity contribution in [2.45, 2.75) is 37.0 Å². The minimum Gasteiger partial charge on any atom is -0.463 e. The Hall–Kier alpha value is -3.33. The van der Waals surface area contributed by atoms with Gasteiger partial charge in [0.2, 0.25) is 5.88 Å². The summed E-state index contributed by atoms with van der Waals surface area (Å²) in [6.45, 7) is 2.91. The number of nitrogens with two attached hydrogens (primary N) is 1. The molecule has 1 fully saturated rings. The number of nitrogens with zero attached hydrogens (tertiary/aromatic N) is 3. The van der Waals surface area contributed by atoms with Gasteiger partial charge in [0, 0.05) is 23.2 Å². The molecule has 178 valence electrons. The Morgan fingerprint density at radius 3 is 2.82 bits per heavy atom. The molecule has 7 nitrogen and oxygen atoms in total. The first kappa shape index (κ1) is 23.8. The van der Waals surface area contributed by atoms with E-state index in [9.17, 15) is 22.4 Å². The van der Waals surface area contributed by atoms with Gasteiger partial charge in [-0.05, 0) is 26.3 Å². The number of thioether (sulfide) groups is 1. The van der Waals surface area contributed by atoms with E-state index in [1.54, 1.807) is 0 Å². The van der Waals surface area contributed by atoms with Crippen LogP contribution in [0.3, 0.4) is 0 Å². The van der Waals surface area contributed by atoms with Crippen LogP contribution in [0.2, 0.25) is 0 Å². The number of aromatic nitrogens is 2. The third kappa shape index (κ3) is 3.94. The molecule has 0 saturated heterocycles. The molecule has 1 aliphatic carbocycles. The molecule has 2 aromatic rings. The van der Waals surface area contributed by atoms with Crippen molar-refractivity contribution in [2.24, 2.45) is 16.6 Å². The van der Waals surface area contributed by atoms with Crippen LogP contribution < -0.4 is 15.8 Å². The number of halogens is 4. The number of hydrogen-bond acceptors (Lipinski definition) is 7. The van der Waals surface area contributed by atoms with Gasteiger partial charge in [-0.25, -0.2) is 27.5 Å². The predicted octanol–water partition coefficient (Wildman–Crippen LogP) is 3.63. The van der Waals surface area contributed by atoms with Crippen molar-refractivity contribution >= 4 is 28.5 Å².